The molecule has 1 fully saturated rings. The van der Waals surface area contributed by atoms with E-state index in [0.29, 0.717) is 26.2 Å². The van der Waals surface area contributed by atoms with E-state index >= 15 is 0 Å². The predicted molar refractivity (Wildman–Crippen MR) is 88.1 cm³/mol. The Bertz CT molecular complexity index is 577. The SMILES string of the molecule is CC(=O)Nc1ccc(NCC(=O)N2CCN(C(C)=O)CC2)cc1. The average molecular weight is 318 g/mol. The van der Waals surface area contributed by atoms with Crippen molar-refractivity contribution in [2.75, 3.05) is 43.4 Å². The average Bonchev–Trinajstić information content (AvgIpc) is 2.53. The van der Waals surface area contributed by atoms with Crippen LogP contribution in [0.2, 0.25) is 0 Å². The van der Waals surface area contributed by atoms with E-state index in [-0.39, 0.29) is 24.3 Å². The van der Waals surface area contributed by atoms with Crippen LogP contribution in [0, 0.1) is 0 Å². The molecule has 0 spiro atoms. The fraction of sp³-hybridized carbons (Fsp3) is 0.438. The van der Waals surface area contributed by atoms with Gasteiger partial charge in [0.2, 0.25) is 17.7 Å². The predicted octanol–water partition coefficient (Wildman–Crippen LogP) is 0.748. The van der Waals surface area contributed by atoms with Crippen molar-refractivity contribution in [1.82, 2.24) is 9.80 Å². The molecular weight excluding hydrogens is 296 g/mol. The highest BCUT2D eigenvalue weighted by Gasteiger charge is 2.21. The largest absolute Gasteiger partial charge is 0.376 e. The molecule has 0 saturated carbocycles. The van der Waals surface area contributed by atoms with Gasteiger partial charge in [0.1, 0.15) is 0 Å². The minimum absolute atomic E-state index is 0.0131. The van der Waals surface area contributed by atoms with Crippen molar-refractivity contribution in [1.29, 1.82) is 0 Å². The first-order chi connectivity index (χ1) is 11.0. The molecule has 1 aliphatic rings. The summed E-state index contributed by atoms with van der Waals surface area (Å²) in [7, 11) is 0. The van der Waals surface area contributed by atoms with Crippen LogP contribution in [-0.2, 0) is 14.4 Å². The second kappa shape index (κ2) is 7.62. The first kappa shape index (κ1) is 16.8. The number of nitrogens with zero attached hydrogens (tertiary/aromatic N) is 2. The first-order valence-electron chi connectivity index (χ1n) is 7.60. The summed E-state index contributed by atoms with van der Waals surface area (Å²) in [5, 5.41) is 5.76. The lowest BCUT2D eigenvalue weighted by Gasteiger charge is -2.34. The third kappa shape index (κ3) is 4.98. The van der Waals surface area contributed by atoms with E-state index in [1.807, 2.05) is 12.1 Å². The second-order valence-corrected chi connectivity index (χ2v) is 5.50. The Morgan fingerprint density at radius 2 is 1.43 bits per heavy atom. The van der Waals surface area contributed by atoms with E-state index in [1.54, 1.807) is 28.9 Å². The van der Waals surface area contributed by atoms with Crippen molar-refractivity contribution in [3.05, 3.63) is 24.3 Å². The van der Waals surface area contributed by atoms with Gasteiger partial charge in [-0.25, -0.2) is 0 Å². The molecule has 7 heteroatoms. The smallest absolute Gasteiger partial charge is 0.241 e. The number of hydrogen-bond acceptors (Lipinski definition) is 4. The van der Waals surface area contributed by atoms with Crippen LogP contribution in [0.3, 0.4) is 0 Å². The molecule has 23 heavy (non-hydrogen) atoms. The summed E-state index contributed by atoms with van der Waals surface area (Å²) in [5.74, 6) is -0.0563. The lowest BCUT2D eigenvalue weighted by atomic mass is 10.2. The molecule has 0 atom stereocenters. The van der Waals surface area contributed by atoms with Gasteiger partial charge in [-0.3, -0.25) is 14.4 Å². The molecule has 124 valence electrons. The molecule has 3 amide bonds. The highest BCUT2D eigenvalue weighted by molar-refractivity contribution is 5.89. The number of carbonyl (C=O) groups excluding carboxylic acids is 3. The summed E-state index contributed by atoms with van der Waals surface area (Å²) >= 11 is 0. The molecule has 0 radical (unpaired) electrons. The number of carbonyl (C=O) groups is 3. The minimum atomic E-state index is -0.120. The van der Waals surface area contributed by atoms with Crippen LogP contribution in [0.1, 0.15) is 13.8 Å². The zero-order valence-electron chi connectivity index (χ0n) is 13.5. The van der Waals surface area contributed by atoms with Crippen LogP contribution in [-0.4, -0.2) is 60.2 Å². The molecule has 0 aliphatic carbocycles. The molecule has 2 rings (SSSR count). The van der Waals surface area contributed by atoms with Gasteiger partial charge in [-0.05, 0) is 24.3 Å². The van der Waals surface area contributed by atoms with Crippen LogP contribution in [0.15, 0.2) is 24.3 Å². The first-order valence-corrected chi connectivity index (χ1v) is 7.60. The molecule has 0 unspecified atom stereocenters. The Morgan fingerprint density at radius 1 is 0.913 bits per heavy atom. The van der Waals surface area contributed by atoms with E-state index in [4.69, 9.17) is 0 Å². The van der Waals surface area contributed by atoms with Crippen molar-refractivity contribution in [2.24, 2.45) is 0 Å². The fourth-order valence-corrected chi connectivity index (χ4v) is 2.43. The molecule has 0 bridgehead atoms. The van der Waals surface area contributed by atoms with Crippen molar-refractivity contribution < 1.29 is 14.4 Å². The topological polar surface area (TPSA) is 81.8 Å². The van der Waals surface area contributed by atoms with Crippen LogP contribution >= 0.6 is 0 Å². The third-order valence-electron chi connectivity index (χ3n) is 3.73. The quantitative estimate of drug-likeness (QED) is 0.858. The van der Waals surface area contributed by atoms with E-state index in [0.717, 1.165) is 11.4 Å². The normalized spacial score (nSPS) is 14.3. The van der Waals surface area contributed by atoms with Gasteiger partial charge >= 0.3 is 0 Å². The van der Waals surface area contributed by atoms with E-state index in [2.05, 4.69) is 10.6 Å². The molecule has 1 aliphatic heterocycles. The number of anilines is 2. The lowest BCUT2D eigenvalue weighted by Crippen LogP contribution is -2.51. The summed E-state index contributed by atoms with van der Waals surface area (Å²) in [5.41, 5.74) is 1.53. The van der Waals surface area contributed by atoms with Crippen molar-refractivity contribution in [3.8, 4) is 0 Å². The van der Waals surface area contributed by atoms with Crippen molar-refractivity contribution in [2.45, 2.75) is 13.8 Å². The van der Waals surface area contributed by atoms with Gasteiger partial charge in [0.25, 0.3) is 0 Å². The van der Waals surface area contributed by atoms with Gasteiger partial charge in [0, 0.05) is 51.4 Å². The number of amides is 3. The van der Waals surface area contributed by atoms with Crippen LogP contribution in [0.4, 0.5) is 11.4 Å². The summed E-state index contributed by atoms with van der Waals surface area (Å²) in [4.78, 5) is 37.9. The van der Waals surface area contributed by atoms with E-state index < -0.39 is 0 Å². The lowest BCUT2D eigenvalue weighted by molar-refractivity contribution is -0.137. The van der Waals surface area contributed by atoms with Crippen molar-refractivity contribution in [3.63, 3.8) is 0 Å². The molecule has 1 aromatic carbocycles. The Kier molecular flexibility index (Phi) is 5.56. The monoisotopic (exact) mass is 318 g/mol. The number of nitrogens with one attached hydrogen (secondary N) is 2. The molecule has 1 heterocycles. The van der Waals surface area contributed by atoms with Crippen LogP contribution in [0.5, 0.6) is 0 Å². The highest BCUT2D eigenvalue weighted by Crippen LogP contribution is 2.13. The Hall–Kier alpha value is -2.57. The summed E-state index contributed by atoms with van der Waals surface area (Å²) in [6.45, 7) is 5.53. The number of piperazine rings is 1. The van der Waals surface area contributed by atoms with E-state index in [1.165, 1.54) is 6.92 Å². The second-order valence-electron chi connectivity index (χ2n) is 5.50. The van der Waals surface area contributed by atoms with Gasteiger partial charge in [-0.1, -0.05) is 0 Å². The zero-order valence-corrected chi connectivity index (χ0v) is 13.5. The molecule has 7 nitrogen and oxygen atoms in total. The summed E-state index contributed by atoms with van der Waals surface area (Å²) < 4.78 is 0. The summed E-state index contributed by atoms with van der Waals surface area (Å²) in [6, 6.07) is 7.18. The number of rotatable bonds is 4. The maximum atomic E-state index is 12.2. The zero-order chi connectivity index (χ0) is 16.8. The summed E-state index contributed by atoms with van der Waals surface area (Å²) in [6.07, 6.45) is 0. The fourth-order valence-electron chi connectivity index (χ4n) is 2.43. The third-order valence-corrected chi connectivity index (χ3v) is 3.73. The van der Waals surface area contributed by atoms with Gasteiger partial charge in [-0.15, -0.1) is 0 Å². The van der Waals surface area contributed by atoms with Crippen LogP contribution < -0.4 is 10.6 Å². The maximum absolute atomic E-state index is 12.2. The van der Waals surface area contributed by atoms with Crippen LogP contribution in [0.25, 0.3) is 0 Å². The Morgan fingerprint density at radius 3 is 1.96 bits per heavy atom. The highest BCUT2D eigenvalue weighted by atomic mass is 16.2. The van der Waals surface area contributed by atoms with E-state index in [9.17, 15) is 14.4 Å². The molecule has 2 N–H and O–H groups in total. The maximum Gasteiger partial charge on any atom is 0.241 e. The van der Waals surface area contributed by atoms with Gasteiger partial charge < -0.3 is 20.4 Å². The van der Waals surface area contributed by atoms with Gasteiger partial charge in [-0.2, -0.15) is 0 Å². The molecular formula is C16H22N4O3. The molecule has 0 aromatic heterocycles. The minimum Gasteiger partial charge on any atom is -0.376 e. The van der Waals surface area contributed by atoms with Gasteiger partial charge in [0.05, 0.1) is 6.54 Å². The Balaban J connectivity index is 1.78. The number of hydrogen-bond donors (Lipinski definition) is 2. The molecule has 1 aromatic rings. The van der Waals surface area contributed by atoms with Gasteiger partial charge in [0.15, 0.2) is 0 Å². The van der Waals surface area contributed by atoms with Crippen molar-refractivity contribution >= 4 is 29.1 Å². The Labute approximate surface area is 135 Å². The standard InChI is InChI=1S/C16H22N4O3/c1-12(21)18-15-5-3-14(4-6-15)17-11-16(23)20-9-7-19(8-10-20)13(2)22/h3-6,17H,7-11H2,1-2H3,(H,18,21). The number of benzene rings is 1. The molecule has 1 saturated heterocycles.